The Balaban J connectivity index is 2.16. The second kappa shape index (κ2) is 6.40. The number of carbonyl (C=O) groups is 1. The van der Waals surface area contributed by atoms with E-state index in [9.17, 15) is 4.79 Å². The van der Waals surface area contributed by atoms with Gasteiger partial charge in [-0.15, -0.1) is 0 Å². The Kier molecular flexibility index (Phi) is 4.28. The SMILES string of the molecule is Cc1cc(-c2cc(C(=O)N(C)CCC#N)c3c(C)noc3n2)c(C)o1. The van der Waals surface area contributed by atoms with Crippen LogP contribution in [0.5, 0.6) is 0 Å². The van der Waals surface area contributed by atoms with Crippen molar-refractivity contribution >= 4 is 17.0 Å². The molecule has 0 aliphatic rings. The number of pyridine rings is 1. The number of hydrogen-bond acceptors (Lipinski definition) is 6. The molecule has 7 heteroatoms. The first-order chi connectivity index (χ1) is 11.9. The molecule has 128 valence electrons. The molecule has 0 N–H and O–H groups in total. The summed E-state index contributed by atoms with van der Waals surface area (Å²) in [6.07, 6.45) is 0.270. The number of rotatable bonds is 4. The van der Waals surface area contributed by atoms with Gasteiger partial charge >= 0.3 is 0 Å². The zero-order chi connectivity index (χ0) is 18.1. The average Bonchev–Trinajstić information content (AvgIpc) is 3.13. The van der Waals surface area contributed by atoms with Crippen LogP contribution in [-0.4, -0.2) is 34.5 Å². The van der Waals surface area contributed by atoms with Gasteiger partial charge in [-0.25, -0.2) is 4.98 Å². The number of hydrogen-bond donors (Lipinski definition) is 0. The lowest BCUT2D eigenvalue weighted by atomic mass is 10.0. The Morgan fingerprint density at radius 2 is 2.08 bits per heavy atom. The zero-order valence-electron chi connectivity index (χ0n) is 14.6. The van der Waals surface area contributed by atoms with Gasteiger partial charge in [0.15, 0.2) is 0 Å². The molecule has 0 unspecified atom stereocenters. The summed E-state index contributed by atoms with van der Waals surface area (Å²) < 4.78 is 10.9. The lowest BCUT2D eigenvalue weighted by Gasteiger charge is -2.16. The maximum Gasteiger partial charge on any atom is 0.259 e. The third-order valence-corrected chi connectivity index (χ3v) is 4.07. The third-order valence-electron chi connectivity index (χ3n) is 4.07. The highest BCUT2D eigenvalue weighted by Crippen LogP contribution is 2.30. The van der Waals surface area contributed by atoms with Gasteiger partial charge in [-0.05, 0) is 32.9 Å². The minimum Gasteiger partial charge on any atom is -0.466 e. The normalized spacial score (nSPS) is 10.8. The predicted molar refractivity (Wildman–Crippen MR) is 90.9 cm³/mol. The maximum atomic E-state index is 12.9. The van der Waals surface area contributed by atoms with Gasteiger partial charge in [0.05, 0.1) is 34.8 Å². The number of amides is 1. The molecule has 0 aromatic carbocycles. The first-order valence-electron chi connectivity index (χ1n) is 7.89. The van der Waals surface area contributed by atoms with Crippen molar-refractivity contribution in [3.05, 3.63) is 34.9 Å². The van der Waals surface area contributed by atoms with Crippen LogP contribution in [0.2, 0.25) is 0 Å². The molecule has 0 atom stereocenters. The largest absolute Gasteiger partial charge is 0.466 e. The number of carbonyl (C=O) groups excluding carboxylic acids is 1. The monoisotopic (exact) mass is 338 g/mol. The summed E-state index contributed by atoms with van der Waals surface area (Å²) in [5, 5.41) is 13.3. The van der Waals surface area contributed by atoms with Gasteiger partial charge in [0, 0.05) is 19.2 Å². The van der Waals surface area contributed by atoms with Crippen LogP contribution in [0, 0.1) is 32.1 Å². The van der Waals surface area contributed by atoms with E-state index in [-0.39, 0.29) is 12.3 Å². The minimum absolute atomic E-state index is 0.201. The smallest absolute Gasteiger partial charge is 0.259 e. The fourth-order valence-corrected chi connectivity index (χ4v) is 2.81. The van der Waals surface area contributed by atoms with Crippen molar-refractivity contribution in [3.63, 3.8) is 0 Å². The molecular formula is C18H18N4O3. The van der Waals surface area contributed by atoms with Crippen LogP contribution in [0.4, 0.5) is 0 Å². The van der Waals surface area contributed by atoms with Crippen LogP contribution in [0.3, 0.4) is 0 Å². The lowest BCUT2D eigenvalue weighted by Crippen LogP contribution is -2.27. The Labute approximate surface area is 144 Å². The van der Waals surface area contributed by atoms with E-state index in [1.54, 1.807) is 20.0 Å². The van der Waals surface area contributed by atoms with Crippen molar-refractivity contribution in [2.24, 2.45) is 0 Å². The van der Waals surface area contributed by atoms with Gasteiger partial charge in [0.2, 0.25) is 0 Å². The van der Waals surface area contributed by atoms with E-state index < -0.39 is 0 Å². The molecule has 3 heterocycles. The summed E-state index contributed by atoms with van der Waals surface area (Å²) >= 11 is 0. The second-order valence-electron chi connectivity index (χ2n) is 5.96. The predicted octanol–water partition coefficient (Wildman–Crippen LogP) is 3.39. The van der Waals surface area contributed by atoms with Crippen molar-refractivity contribution < 1.29 is 13.7 Å². The van der Waals surface area contributed by atoms with E-state index in [1.807, 2.05) is 26.0 Å². The standard InChI is InChI=1S/C18H18N4O3/c1-10-8-13(12(3)24-10)15-9-14(18(23)22(4)7-5-6-19)16-11(2)21-25-17(16)20-15/h8-9H,5,7H2,1-4H3. The fourth-order valence-electron chi connectivity index (χ4n) is 2.81. The van der Waals surface area contributed by atoms with Crippen molar-refractivity contribution in [3.8, 4) is 17.3 Å². The molecule has 0 bridgehead atoms. The molecule has 1 amide bonds. The van der Waals surface area contributed by atoms with Crippen LogP contribution in [-0.2, 0) is 0 Å². The Hall–Kier alpha value is -3.14. The van der Waals surface area contributed by atoms with Crippen molar-refractivity contribution in [1.29, 1.82) is 5.26 Å². The van der Waals surface area contributed by atoms with Gasteiger partial charge in [-0.1, -0.05) is 5.16 Å². The average molecular weight is 338 g/mol. The summed E-state index contributed by atoms with van der Waals surface area (Å²) in [4.78, 5) is 18.9. The second-order valence-corrected chi connectivity index (χ2v) is 5.96. The Bertz CT molecular complexity index is 994. The van der Waals surface area contributed by atoms with E-state index in [4.69, 9.17) is 14.2 Å². The summed E-state index contributed by atoms with van der Waals surface area (Å²) in [6.45, 7) is 5.82. The van der Waals surface area contributed by atoms with E-state index in [1.165, 1.54) is 4.90 Å². The number of aromatic nitrogens is 2. The molecule has 0 aliphatic heterocycles. The first kappa shape index (κ1) is 16.7. The molecule has 25 heavy (non-hydrogen) atoms. The molecule has 3 aromatic heterocycles. The van der Waals surface area contributed by atoms with Crippen LogP contribution in [0.25, 0.3) is 22.4 Å². The first-order valence-corrected chi connectivity index (χ1v) is 7.89. The van der Waals surface area contributed by atoms with Crippen LogP contribution in [0.15, 0.2) is 21.1 Å². The van der Waals surface area contributed by atoms with Gasteiger partial charge in [0.1, 0.15) is 11.5 Å². The molecular weight excluding hydrogens is 320 g/mol. The summed E-state index contributed by atoms with van der Waals surface area (Å²) in [6, 6.07) is 5.65. The molecule has 0 radical (unpaired) electrons. The molecule has 7 nitrogen and oxygen atoms in total. The Morgan fingerprint density at radius 1 is 1.32 bits per heavy atom. The Morgan fingerprint density at radius 3 is 2.72 bits per heavy atom. The van der Waals surface area contributed by atoms with Crippen LogP contribution < -0.4 is 0 Å². The lowest BCUT2D eigenvalue weighted by molar-refractivity contribution is 0.0800. The van der Waals surface area contributed by atoms with E-state index in [2.05, 4.69) is 10.1 Å². The molecule has 0 saturated carbocycles. The van der Waals surface area contributed by atoms with E-state index in [0.717, 1.165) is 17.1 Å². The number of nitrogens with zero attached hydrogens (tertiary/aromatic N) is 4. The summed E-state index contributed by atoms with van der Waals surface area (Å²) in [5.74, 6) is 1.28. The topological polar surface area (TPSA) is 96.2 Å². The fraction of sp³-hybridized carbons (Fsp3) is 0.333. The van der Waals surface area contributed by atoms with Crippen LogP contribution >= 0.6 is 0 Å². The minimum atomic E-state index is -0.201. The van der Waals surface area contributed by atoms with Gasteiger partial charge < -0.3 is 13.8 Å². The molecule has 0 aliphatic carbocycles. The van der Waals surface area contributed by atoms with Gasteiger partial charge in [0.25, 0.3) is 11.6 Å². The third kappa shape index (κ3) is 2.98. The molecule has 0 fully saturated rings. The summed E-state index contributed by atoms with van der Waals surface area (Å²) in [5.41, 5.74) is 2.77. The summed E-state index contributed by atoms with van der Waals surface area (Å²) in [7, 11) is 1.67. The van der Waals surface area contributed by atoms with E-state index in [0.29, 0.717) is 34.6 Å². The zero-order valence-corrected chi connectivity index (χ0v) is 14.6. The van der Waals surface area contributed by atoms with Crippen LogP contribution in [0.1, 0.15) is 34.0 Å². The molecule has 0 spiro atoms. The molecule has 3 aromatic rings. The van der Waals surface area contributed by atoms with E-state index >= 15 is 0 Å². The molecule has 3 rings (SSSR count). The number of nitriles is 1. The number of fused-ring (bicyclic) bond motifs is 1. The van der Waals surface area contributed by atoms with Crippen molar-refractivity contribution in [1.82, 2.24) is 15.0 Å². The highest BCUT2D eigenvalue weighted by Gasteiger charge is 2.22. The highest BCUT2D eigenvalue weighted by molar-refractivity contribution is 6.06. The van der Waals surface area contributed by atoms with Crippen molar-refractivity contribution in [2.45, 2.75) is 27.2 Å². The quantitative estimate of drug-likeness (QED) is 0.723. The van der Waals surface area contributed by atoms with Gasteiger partial charge in [-0.2, -0.15) is 5.26 Å². The maximum absolute atomic E-state index is 12.9. The molecule has 0 saturated heterocycles. The number of aryl methyl sites for hydroxylation is 3. The van der Waals surface area contributed by atoms with Crippen molar-refractivity contribution in [2.75, 3.05) is 13.6 Å². The highest BCUT2D eigenvalue weighted by atomic mass is 16.5. The van der Waals surface area contributed by atoms with Gasteiger partial charge in [-0.3, -0.25) is 4.79 Å². The number of furan rings is 1.